The first-order valence-corrected chi connectivity index (χ1v) is 5.12. The molecule has 2 N–H and O–H groups in total. The van der Waals surface area contributed by atoms with Crippen LogP contribution in [0.2, 0.25) is 0 Å². The van der Waals surface area contributed by atoms with Gasteiger partial charge in [-0.2, -0.15) is 0 Å². The third-order valence-electron chi connectivity index (χ3n) is 2.34. The number of halogens is 2. The summed E-state index contributed by atoms with van der Waals surface area (Å²) in [5.74, 6) is -0.779. The zero-order valence-electron chi connectivity index (χ0n) is 9.11. The maximum atomic E-state index is 13.2. The van der Waals surface area contributed by atoms with Gasteiger partial charge >= 0.3 is 0 Å². The highest BCUT2D eigenvalue weighted by molar-refractivity contribution is 5.91. The van der Waals surface area contributed by atoms with Crippen molar-refractivity contribution in [3.63, 3.8) is 0 Å². The highest BCUT2D eigenvalue weighted by Crippen LogP contribution is 2.12. The number of benzene rings is 1. The maximum absolute atomic E-state index is 13.2. The molecule has 1 heterocycles. The van der Waals surface area contributed by atoms with E-state index in [1.165, 1.54) is 12.1 Å². The van der Waals surface area contributed by atoms with Crippen LogP contribution in [0.25, 0.3) is 0 Å². The number of hydrogen-bond acceptors (Lipinski definition) is 3. The number of rotatable bonds is 4. The van der Waals surface area contributed by atoms with Crippen molar-refractivity contribution >= 4 is 24.0 Å². The molecule has 6 heteroatoms. The second kappa shape index (κ2) is 6.54. The van der Waals surface area contributed by atoms with E-state index in [0.717, 1.165) is 13.1 Å². The van der Waals surface area contributed by atoms with E-state index in [1.54, 1.807) is 12.1 Å². The molecule has 0 saturated carbocycles. The summed E-state index contributed by atoms with van der Waals surface area (Å²) in [5, 5.41) is 5.48. The topological polar surface area (TPSA) is 50.4 Å². The van der Waals surface area contributed by atoms with Gasteiger partial charge in [-0.1, -0.05) is 12.1 Å². The van der Waals surface area contributed by atoms with Crippen molar-refractivity contribution in [3.8, 4) is 0 Å². The monoisotopic (exact) mass is 260 g/mol. The van der Waals surface area contributed by atoms with E-state index in [9.17, 15) is 9.18 Å². The standard InChI is InChI=1S/C11H13FN2O2.ClH/c12-9-3-1-2-4-10(9)14-11(15)7-16-8-5-13-6-8;/h1-4,8,13H,5-7H2,(H,14,15);1H. The number of carbonyl (C=O) groups excluding carboxylic acids is 1. The average Bonchev–Trinajstić information content (AvgIpc) is 2.19. The molecule has 0 bridgehead atoms. The molecule has 1 saturated heterocycles. The van der Waals surface area contributed by atoms with E-state index in [2.05, 4.69) is 10.6 Å². The minimum atomic E-state index is -0.443. The molecule has 0 radical (unpaired) electrons. The number of ether oxygens (including phenoxy) is 1. The Morgan fingerprint density at radius 3 is 2.76 bits per heavy atom. The Kier molecular flexibility index (Phi) is 5.34. The summed E-state index contributed by atoms with van der Waals surface area (Å²) in [6, 6.07) is 6.04. The Morgan fingerprint density at radius 1 is 1.47 bits per heavy atom. The number of nitrogens with one attached hydrogen (secondary N) is 2. The quantitative estimate of drug-likeness (QED) is 0.855. The zero-order chi connectivity index (χ0) is 11.4. The molecule has 1 fully saturated rings. The lowest BCUT2D eigenvalue weighted by atomic mass is 10.2. The van der Waals surface area contributed by atoms with Gasteiger partial charge in [-0.25, -0.2) is 4.39 Å². The minimum Gasteiger partial charge on any atom is -0.366 e. The van der Waals surface area contributed by atoms with Gasteiger partial charge in [0.1, 0.15) is 12.4 Å². The van der Waals surface area contributed by atoms with Crippen molar-refractivity contribution < 1.29 is 13.9 Å². The second-order valence-electron chi connectivity index (χ2n) is 3.62. The van der Waals surface area contributed by atoms with Gasteiger partial charge in [0.15, 0.2) is 0 Å². The molecule has 0 unspecified atom stereocenters. The van der Waals surface area contributed by atoms with Crippen LogP contribution in [-0.2, 0) is 9.53 Å². The first-order chi connectivity index (χ1) is 7.75. The van der Waals surface area contributed by atoms with Crippen molar-refractivity contribution in [2.24, 2.45) is 0 Å². The molecule has 2 rings (SSSR count). The Bertz CT molecular complexity index is 385. The summed E-state index contributed by atoms with van der Waals surface area (Å²) < 4.78 is 18.4. The fraction of sp³-hybridized carbons (Fsp3) is 0.364. The number of amides is 1. The molecular weight excluding hydrogens is 247 g/mol. The van der Waals surface area contributed by atoms with Gasteiger partial charge in [0.05, 0.1) is 11.8 Å². The Hall–Kier alpha value is -1.17. The van der Waals surface area contributed by atoms with Crippen LogP contribution < -0.4 is 10.6 Å². The minimum absolute atomic E-state index is 0. The van der Waals surface area contributed by atoms with Gasteiger partial charge in [0, 0.05) is 13.1 Å². The number of carbonyl (C=O) groups is 1. The molecule has 1 aromatic rings. The van der Waals surface area contributed by atoms with Crippen LogP contribution in [0.4, 0.5) is 10.1 Å². The van der Waals surface area contributed by atoms with E-state index in [-0.39, 0.29) is 36.7 Å². The lowest BCUT2D eigenvalue weighted by Crippen LogP contribution is -2.49. The molecule has 0 atom stereocenters. The first kappa shape index (κ1) is 13.9. The summed E-state index contributed by atoms with van der Waals surface area (Å²) in [6.07, 6.45) is 0.103. The van der Waals surface area contributed by atoms with E-state index in [0.29, 0.717) is 0 Å². The zero-order valence-corrected chi connectivity index (χ0v) is 9.93. The molecule has 1 aromatic carbocycles. The van der Waals surface area contributed by atoms with Crippen molar-refractivity contribution in [3.05, 3.63) is 30.1 Å². The summed E-state index contributed by atoms with van der Waals surface area (Å²) >= 11 is 0. The van der Waals surface area contributed by atoms with Crippen LogP contribution >= 0.6 is 12.4 Å². The van der Waals surface area contributed by atoms with Crippen molar-refractivity contribution in [1.82, 2.24) is 5.32 Å². The highest BCUT2D eigenvalue weighted by Gasteiger charge is 2.18. The highest BCUT2D eigenvalue weighted by atomic mass is 35.5. The second-order valence-corrected chi connectivity index (χ2v) is 3.62. The van der Waals surface area contributed by atoms with Crippen LogP contribution in [-0.4, -0.2) is 31.7 Å². The smallest absolute Gasteiger partial charge is 0.250 e. The maximum Gasteiger partial charge on any atom is 0.250 e. The van der Waals surface area contributed by atoms with Gasteiger partial charge < -0.3 is 15.4 Å². The normalized spacial score (nSPS) is 14.6. The number of hydrogen-bond donors (Lipinski definition) is 2. The van der Waals surface area contributed by atoms with Crippen LogP contribution in [0, 0.1) is 5.82 Å². The Balaban J connectivity index is 0.00000144. The molecule has 1 aliphatic heterocycles. The molecule has 1 aliphatic rings. The van der Waals surface area contributed by atoms with Crippen molar-refractivity contribution in [2.45, 2.75) is 6.10 Å². The van der Waals surface area contributed by atoms with Crippen LogP contribution in [0.3, 0.4) is 0 Å². The third-order valence-corrected chi connectivity index (χ3v) is 2.34. The van der Waals surface area contributed by atoms with E-state index >= 15 is 0 Å². The molecule has 0 spiro atoms. The fourth-order valence-electron chi connectivity index (χ4n) is 1.32. The third kappa shape index (κ3) is 3.96. The van der Waals surface area contributed by atoms with Crippen LogP contribution in [0.5, 0.6) is 0 Å². The Labute approximate surface area is 105 Å². The van der Waals surface area contributed by atoms with Gasteiger partial charge in [-0.15, -0.1) is 12.4 Å². The molecule has 4 nitrogen and oxygen atoms in total. The molecule has 0 aromatic heterocycles. The lowest BCUT2D eigenvalue weighted by molar-refractivity contribution is -0.123. The molecule has 94 valence electrons. The van der Waals surface area contributed by atoms with Crippen LogP contribution in [0.15, 0.2) is 24.3 Å². The van der Waals surface area contributed by atoms with E-state index in [1.807, 2.05) is 0 Å². The SMILES string of the molecule is Cl.O=C(COC1CNC1)Nc1ccccc1F. The van der Waals surface area contributed by atoms with Crippen LogP contribution in [0.1, 0.15) is 0 Å². The van der Waals surface area contributed by atoms with Crippen molar-refractivity contribution in [1.29, 1.82) is 0 Å². The summed E-state index contributed by atoms with van der Waals surface area (Å²) in [6.45, 7) is 1.50. The summed E-state index contributed by atoms with van der Waals surface area (Å²) in [7, 11) is 0. The largest absolute Gasteiger partial charge is 0.366 e. The number of anilines is 1. The predicted octanol–water partition coefficient (Wildman–Crippen LogP) is 1.17. The molecule has 0 aliphatic carbocycles. The van der Waals surface area contributed by atoms with Gasteiger partial charge in [0.2, 0.25) is 5.91 Å². The molecule has 1 amide bonds. The Morgan fingerprint density at radius 2 is 2.18 bits per heavy atom. The van der Waals surface area contributed by atoms with E-state index in [4.69, 9.17) is 4.74 Å². The van der Waals surface area contributed by atoms with Gasteiger partial charge in [0.25, 0.3) is 0 Å². The van der Waals surface area contributed by atoms with Gasteiger partial charge in [-0.05, 0) is 12.1 Å². The molecular formula is C11H14ClFN2O2. The van der Waals surface area contributed by atoms with Crippen molar-refractivity contribution in [2.75, 3.05) is 25.0 Å². The lowest BCUT2D eigenvalue weighted by Gasteiger charge is -2.26. The first-order valence-electron chi connectivity index (χ1n) is 5.12. The predicted molar refractivity (Wildman–Crippen MR) is 64.9 cm³/mol. The number of para-hydroxylation sites is 1. The summed E-state index contributed by atoms with van der Waals surface area (Å²) in [4.78, 5) is 11.4. The average molecular weight is 261 g/mol. The molecule has 17 heavy (non-hydrogen) atoms. The summed E-state index contributed by atoms with van der Waals surface area (Å²) in [5.41, 5.74) is 0.183. The fourth-order valence-corrected chi connectivity index (χ4v) is 1.32. The van der Waals surface area contributed by atoms with E-state index < -0.39 is 5.82 Å². The van der Waals surface area contributed by atoms with Gasteiger partial charge in [-0.3, -0.25) is 4.79 Å².